The predicted octanol–water partition coefficient (Wildman–Crippen LogP) is 3.84. The highest BCUT2D eigenvalue weighted by Crippen LogP contribution is 2.28. The molecular formula is C20H16F5N3O3. The van der Waals surface area contributed by atoms with Crippen LogP contribution in [0.3, 0.4) is 0 Å². The maximum atomic E-state index is 13.4. The quantitative estimate of drug-likeness (QED) is 0.590. The second-order valence-electron chi connectivity index (χ2n) is 6.58. The van der Waals surface area contributed by atoms with E-state index in [9.17, 15) is 31.5 Å². The highest BCUT2D eigenvalue weighted by atomic mass is 19.4. The number of hydrogen-bond donors (Lipinski definition) is 1. The monoisotopic (exact) mass is 441 g/mol. The molecule has 11 heteroatoms. The van der Waals surface area contributed by atoms with Crippen LogP contribution in [0.5, 0.6) is 5.75 Å². The van der Waals surface area contributed by atoms with Gasteiger partial charge < -0.3 is 4.74 Å². The maximum absolute atomic E-state index is 13.4. The summed E-state index contributed by atoms with van der Waals surface area (Å²) < 4.78 is 69.3. The van der Waals surface area contributed by atoms with Gasteiger partial charge >= 0.3 is 6.36 Å². The molecule has 0 saturated heterocycles. The van der Waals surface area contributed by atoms with Gasteiger partial charge in [0.05, 0.1) is 11.8 Å². The number of benzene rings is 2. The maximum Gasteiger partial charge on any atom is 0.573 e. The van der Waals surface area contributed by atoms with Crippen LogP contribution in [0.1, 0.15) is 24.7 Å². The summed E-state index contributed by atoms with van der Waals surface area (Å²) in [5.74, 6) is -3.55. The summed E-state index contributed by atoms with van der Waals surface area (Å²) in [6, 6.07) is 6.41. The number of alkyl halides is 3. The van der Waals surface area contributed by atoms with Gasteiger partial charge in [0, 0.05) is 6.42 Å². The molecule has 31 heavy (non-hydrogen) atoms. The standard InChI is InChI=1S/C20H16F5N3O3/c1-2-4-16-26-18-12(5-3-6-15(18)31-20(23,24)25)19(30)28(16)27-17(29)10-11-7-8-13(21)14(22)9-11/h3,5-9H,2,4,10H2,1H3,(H,27,29). The van der Waals surface area contributed by atoms with Crippen LogP contribution >= 0.6 is 0 Å². The summed E-state index contributed by atoms with van der Waals surface area (Å²) in [7, 11) is 0. The number of carbonyl (C=O) groups excluding carboxylic acids is 1. The SMILES string of the molecule is CCCc1nc2c(OC(F)(F)F)cccc2c(=O)n1NC(=O)Cc1ccc(F)c(F)c1. The Labute approximate surface area is 172 Å². The van der Waals surface area contributed by atoms with Crippen LogP contribution < -0.4 is 15.7 Å². The third kappa shape index (κ3) is 5.16. The molecule has 1 amide bonds. The van der Waals surface area contributed by atoms with Gasteiger partial charge in [0.15, 0.2) is 17.4 Å². The zero-order valence-electron chi connectivity index (χ0n) is 16.1. The molecule has 0 aliphatic heterocycles. The van der Waals surface area contributed by atoms with Crippen molar-refractivity contribution in [3.8, 4) is 5.75 Å². The molecule has 0 spiro atoms. The number of amides is 1. The van der Waals surface area contributed by atoms with Gasteiger partial charge in [-0.3, -0.25) is 15.0 Å². The van der Waals surface area contributed by atoms with E-state index in [1.165, 1.54) is 18.2 Å². The molecule has 0 saturated carbocycles. The summed E-state index contributed by atoms with van der Waals surface area (Å²) in [5.41, 5.74) is 1.39. The first-order valence-electron chi connectivity index (χ1n) is 9.13. The van der Waals surface area contributed by atoms with Gasteiger partial charge in [0.2, 0.25) is 5.91 Å². The highest BCUT2D eigenvalue weighted by Gasteiger charge is 2.32. The number of hydrogen-bond acceptors (Lipinski definition) is 4. The number of ether oxygens (including phenoxy) is 1. The molecule has 0 aliphatic carbocycles. The molecule has 0 unspecified atom stereocenters. The van der Waals surface area contributed by atoms with Crippen LogP contribution in [-0.4, -0.2) is 21.9 Å². The van der Waals surface area contributed by atoms with Gasteiger partial charge in [-0.05, 0) is 36.2 Å². The van der Waals surface area contributed by atoms with Crippen molar-refractivity contribution in [3.05, 3.63) is 69.8 Å². The first kappa shape index (κ1) is 22.2. The minimum absolute atomic E-state index is 0.0110. The van der Waals surface area contributed by atoms with E-state index in [1.807, 2.05) is 0 Å². The molecule has 3 rings (SSSR count). The molecule has 2 aromatic carbocycles. The van der Waals surface area contributed by atoms with Gasteiger partial charge in [-0.2, -0.15) is 0 Å². The lowest BCUT2D eigenvalue weighted by molar-refractivity contribution is -0.274. The molecule has 1 aromatic heterocycles. The number of halogens is 5. The Kier molecular flexibility index (Phi) is 6.23. The van der Waals surface area contributed by atoms with Gasteiger partial charge in [-0.25, -0.2) is 18.4 Å². The minimum atomic E-state index is -4.98. The smallest absolute Gasteiger partial charge is 0.403 e. The molecule has 164 valence electrons. The number of nitrogens with zero attached hydrogens (tertiary/aromatic N) is 2. The Morgan fingerprint density at radius 3 is 2.55 bits per heavy atom. The van der Waals surface area contributed by atoms with E-state index >= 15 is 0 Å². The highest BCUT2D eigenvalue weighted by molar-refractivity contribution is 5.87. The zero-order chi connectivity index (χ0) is 22.8. The number of carbonyl (C=O) groups is 1. The van der Waals surface area contributed by atoms with Crippen LogP contribution in [0.2, 0.25) is 0 Å². The Morgan fingerprint density at radius 1 is 1.16 bits per heavy atom. The van der Waals surface area contributed by atoms with Crippen molar-refractivity contribution in [1.82, 2.24) is 9.66 Å². The first-order valence-corrected chi connectivity index (χ1v) is 9.13. The lowest BCUT2D eigenvalue weighted by Crippen LogP contribution is -2.37. The number of aromatic nitrogens is 2. The Balaban J connectivity index is 2.00. The summed E-state index contributed by atoms with van der Waals surface area (Å²) in [5, 5.41) is -0.199. The van der Waals surface area contributed by atoms with Crippen molar-refractivity contribution in [1.29, 1.82) is 0 Å². The third-order valence-electron chi connectivity index (χ3n) is 4.22. The Hall–Kier alpha value is -3.50. The van der Waals surface area contributed by atoms with E-state index < -0.39 is 35.2 Å². The fourth-order valence-corrected chi connectivity index (χ4v) is 2.94. The van der Waals surface area contributed by atoms with Gasteiger partial charge in [0.1, 0.15) is 11.3 Å². The molecular weight excluding hydrogens is 425 g/mol. The average Bonchev–Trinajstić information content (AvgIpc) is 2.67. The Morgan fingerprint density at radius 2 is 1.90 bits per heavy atom. The number of rotatable bonds is 6. The summed E-state index contributed by atoms with van der Waals surface area (Å²) in [4.78, 5) is 29.4. The van der Waals surface area contributed by atoms with E-state index in [4.69, 9.17) is 0 Å². The van der Waals surface area contributed by atoms with E-state index in [1.54, 1.807) is 6.92 Å². The number of fused-ring (bicyclic) bond motifs is 1. The fourth-order valence-electron chi connectivity index (χ4n) is 2.94. The predicted molar refractivity (Wildman–Crippen MR) is 101 cm³/mol. The van der Waals surface area contributed by atoms with Gasteiger partial charge in [0.25, 0.3) is 5.56 Å². The third-order valence-corrected chi connectivity index (χ3v) is 4.22. The van der Waals surface area contributed by atoms with Crippen molar-refractivity contribution < 1.29 is 31.5 Å². The van der Waals surface area contributed by atoms with Crippen LogP contribution in [-0.2, 0) is 17.6 Å². The molecule has 0 atom stereocenters. The van der Waals surface area contributed by atoms with Crippen molar-refractivity contribution in [3.63, 3.8) is 0 Å². The lowest BCUT2D eigenvalue weighted by atomic mass is 10.1. The van der Waals surface area contributed by atoms with Crippen LogP contribution in [0.25, 0.3) is 10.9 Å². The fraction of sp³-hybridized carbons (Fsp3) is 0.250. The molecule has 0 fully saturated rings. The second kappa shape index (κ2) is 8.70. The zero-order valence-corrected chi connectivity index (χ0v) is 16.1. The van der Waals surface area contributed by atoms with Crippen molar-refractivity contribution in [2.75, 3.05) is 5.43 Å². The van der Waals surface area contributed by atoms with Crippen molar-refractivity contribution in [2.45, 2.75) is 32.5 Å². The van der Waals surface area contributed by atoms with Gasteiger partial charge in [-0.15, -0.1) is 13.2 Å². The number of nitrogens with one attached hydrogen (secondary N) is 1. The van der Waals surface area contributed by atoms with E-state index in [0.29, 0.717) is 6.42 Å². The van der Waals surface area contributed by atoms with E-state index in [-0.39, 0.29) is 35.1 Å². The molecule has 1 heterocycles. The normalized spacial score (nSPS) is 11.5. The summed E-state index contributed by atoms with van der Waals surface area (Å²) >= 11 is 0. The van der Waals surface area contributed by atoms with Crippen molar-refractivity contribution >= 4 is 16.8 Å². The molecule has 6 nitrogen and oxygen atoms in total. The molecule has 0 bridgehead atoms. The molecule has 1 N–H and O–H groups in total. The number of aryl methyl sites for hydroxylation is 1. The first-order chi connectivity index (χ1) is 14.6. The van der Waals surface area contributed by atoms with E-state index in [0.717, 1.165) is 22.9 Å². The molecule has 3 aromatic rings. The van der Waals surface area contributed by atoms with Crippen LogP contribution in [0.4, 0.5) is 22.0 Å². The minimum Gasteiger partial charge on any atom is -0.403 e. The summed E-state index contributed by atoms with van der Waals surface area (Å²) in [6.45, 7) is 1.75. The summed E-state index contributed by atoms with van der Waals surface area (Å²) in [6.07, 6.45) is -4.71. The molecule has 0 radical (unpaired) electrons. The van der Waals surface area contributed by atoms with E-state index in [2.05, 4.69) is 15.1 Å². The lowest BCUT2D eigenvalue weighted by Gasteiger charge is -2.16. The second-order valence-corrected chi connectivity index (χ2v) is 6.58. The van der Waals surface area contributed by atoms with Crippen molar-refractivity contribution in [2.24, 2.45) is 0 Å². The molecule has 0 aliphatic rings. The largest absolute Gasteiger partial charge is 0.573 e. The Bertz CT molecular complexity index is 1190. The topological polar surface area (TPSA) is 73.2 Å². The van der Waals surface area contributed by atoms with Gasteiger partial charge in [-0.1, -0.05) is 19.1 Å². The van der Waals surface area contributed by atoms with Crippen LogP contribution in [0.15, 0.2) is 41.2 Å². The number of para-hydroxylation sites is 1. The average molecular weight is 441 g/mol. The van der Waals surface area contributed by atoms with Crippen LogP contribution in [0, 0.1) is 11.6 Å².